The Labute approximate surface area is 82.0 Å². The van der Waals surface area contributed by atoms with Crippen molar-refractivity contribution < 1.29 is 8.42 Å². The first kappa shape index (κ1) is 9.17. The molecule has 0 unspecified atom stereocenters. The predicted octanol–water partition coefficient (Wildman–Crippen LogP) is 0.118. The molecular weight excluding hydrogens is 202 g/mol. The van der Waals surface area contributed by atoms with Crippen molar-refractivity contribution in [2.24, 2.45) is 5.14 Å². The van der Waals surface area contributed by atoms with Gasteiger partial charge in [0.15, 0.2) is 5.82 Å². The van der Waals surface area contributed by atoms with Gasteiger partial charge in [0.1, 0.15) is 0 Å². The minimum Gasteiger partial charge on any atom is -0.238 e. The Balaban J connectivity index is 2.57. The molecule has 0 aliphatic carbocycles. The summed E-state index contributed by atoms with van der Waals surface area (Å²) in [6.45, 7) is 0.239. The summed E-state index contributed by atoms with van der Waals surface area (Å²) in [5.74, 6) is 0.387. The maximum Gasteiger partial charge on any atom is 0.300 e. The Morgan fingerprint density at radius 1 is 1.50 bits per heavy atom. The van der Waals surface area contributed by atoms with Gasteiger partial charge < -0.3 is 0 Å². The van der Waals surface area contributed by atoms with E-state index in [-0.39, 0.29) is 6.54 Å². The average molecular weight is 211 g/mol. The van der Waals surface area contributed by atoms with E-state index in [1.165, 1.54) is 6.20 Å². The number of hydrogen-bond acceptors (Lipinski definition) is 3. The minimum absolute atomic E-state index is 0.239. The van der Waals surface area contributed by atoms with Crippen molar-refractivity contribution in [2.75, 3.05) is 10.8 Å². The number of aromatic nitrogens is 1. The van der Waals surface area contributed by atoms with Crippen molar-refractivity contribution in [3.63, 3.8) is 0 Å². The zero-order chi connectivity index (χ0) is 10.2. The average Bonchev–Trinajstić information content (AvgIpc) is 2.15. The molecule has 0 atom stereocenters. The van der Waals surface area contributed by atoms with Gasteiger partial charge in [-0.05, 0) is 12.1 Å². The molecule has 1 aliphatic rings. The van der Waals surface area contributed by atoms with Crippen molar-refractivity contribution >= 4 is 22.1 Å². The van der Waals surface area contributed by atoms with E-state index >= 15 is 0 Å². The summed E-state index contributed by atoms with van der Waals surface area (Å²) in [5, 5.41) is 5.05. The molecule has 2 rings (SSSR count). The maximum atomic E-state index is 11.2. The zero-order valence-electron chi connectivity index (χ0n) is 7.29. The molecular formula is C8H9N3O2S. The van der Waals surface area contributed by atoms with E-state index in [9.17, 15) is 8.42 Å². The Morgan fingerprint density at radius 2 is 2.29 bits per heavy atom. The Bertz CT molecular complexity index is 481. The number of fused-ring (bicyclic) bond motifs is 1. The van der Waals surface area contributed by atoms with Crippen LogP contribution < -0.4 is 9.44 Å². The van der Waals surface area contributed by atoms with E-state index < -0.39 is 10.2 Å². The summed E-state index contributed by atoms with van der Waals surface area (Å²) in [7, 11) is -3.72. The molecule has 14 heavy (non-hydrogen) atoms. The highest BCUT2D eigenvalue weighted by Crippen LogP contribution is 2.23. The summed E-state index contributed by atoms with van der Waals surface area (Å²) < 4.78 is 23.4. The highest BCUT2D eigenvalue weighted by molar-refractivity contribution is 7.90. The van der Waals surface area contributed by atoms with Gasteiger partial charge in [0.25, 0.3) is 10.2 Å². The van der Waals surface area contributed by atoms with Gasteiger partial charge >= 0.3 is 0 Å². The van der Waals surface area contributed by atoms with Gasteiger partial charge in [-0.2, -0.15) is 8.42 Å². The molecule has 1 aliphatic heterocycles. The van der Waals surface area contributed by atoms with Crippen molar-refractivity contribution in [1.82, 2.24) is 4.98 Å². The van der Waals surface area contributed by atoms with E-state index in [1.807, 2.05) is 6.08 Å². The Hall–Kier alpha value is -1.40. The Morgan fingerprint density at radius 3 is 3.00 bits per heavy atom. The summed E-state index contributed by atoms with van der Waals surface area (Å²) in [6.07, 6.45) is 5.09. The molecule has 0 saturated heterocycles. The van der Waals surface area contributed by atoms with Crippen LogP contribution in [-0.4, -0.2) is 19.9 Å². The third kappa shape index (κ3) is 1.49. The number of rotatable bonds is 1. The fourth-order valence-corrected chi connectivity index (χ4v) is 2.02. The van der Waals surface area contributed by atoms with Crippen LogP contribution in [0.5, 0.6) is 0 Å². The molecule has 0 bridgehead atoms. The topological polar surface area (TPSA) is 76.3 Å². The fraction of sp³-hybridized carbons (Fsp3) is 0.125. The molecule has 2 heterocycles. The zero-order valence-corrected chi connectivity index (χ0v) is 8.11. The lowest BCUT2D eigenvalue weighted by Gasteiger charge is -2.23. The van der Waals surface area contributed by atoms with Crippen LogP contribution in [0, 0.1) is 0 Å². The molecule has 0 amide bonds. The first-order chi connectivity index (χ1) is 6.59. The molecule has 6 heteroatoms. The van der Waals surface area contributed by atoms with Gasteiger partial charge in [0.2, 0.25) is 0 Å². The second kappa shape index (κ2) is 3.07. The van der Waals surface area contributed by atoms with Gasteiger partial charge in [0.05, 0.1) is 6.54 Å². The van der Waals surface area contributed by atoms with Crippen LogP contribution >= 0.6 is 0 Å². The molecule has 0 radical (unpaired) electrons. The molecule has 1 aromatic heterocycles. The molecule has 2 N–H and O–H groups in total. The summed E-state index contributed by atoms with van der Waals surface area (Å²) in [6, 6.07) is 3.53. The van der Waals surface area contributed by atoms with Crippen LogP contribution in [-0.2, 0) is 10.2 Å². The van der Waals surface area contributed by atoms with Crippen molar-refractivity contribution in [1.29, 1.82) is 0 Å². The highest BCUT2D eigenvalue weighted by atomic mass is 32.2. The second-order valence-electron chi connectivity index (χ2n) is 2.89. The third-order valence-corrected chi connectivity index (χ3v) is 2.87. The highest BCUT2D eigenvalue weighted by Gasteiger charge is 2.22. The van der Waals surface area contributed by atoms with Gasteiger partial charge in [0, 0.05) is 11.8 Å². The fourth-order valence-electron chi connectivity index (χ4n) is 1.33. The molecule has 5 nitrogen and oxygen atoms in total. The van der Waals surface area contributed by atoms with Gasteiger partial charge in [-0.25, -0.2) is 14.4 Å². The van der Waals surface area contributed by atoms with Crippen LogP contribution in [0.15, 0.2) is 24.4 Å². The lowest BCUT2D eigenvalue weighted by atomic mass is 10.2. The first-order valence-electron chi connectivity index (χ1n) is 4.01. The van der Waals surface area contributed by atoms with Gasteiger partial charge in [-0.15, -0.1) is 0 Å². The normalized spacial score (nSPS) is 15.4. The maximum absolute atomic E-state index is 11.2. The summed E-state index contributed by atoms with van der Waals surface area (Å²) in [5.41, 5.74) is 0.757. The van der Waals surface area contributed by atoms with E-state index in [0.29, 0.717) is 5.82 Å². The van der Waals surface area contributed by atoms with Crippen LogP contribution in [0.1, 0.15) is 5.56 Å². The Kier molecular flexibility index (Phi) is 2.01. The number of nitrogens with two attached hydrogens (primary N) is 1. The SMILES string of the molecule is NS(=O)(=O)N1CC=Cc2cccnc21. The lowest BCUT2D eigenvalue weighted by Crippen LogP contribution is -2.38. The largest absolute Gasteiger partial charge is 0.300 e. The van der Waals surface area contributed by atoms with E-state index in [2.05, 4.69) is 4.98 Å². The molecule has 0 saturated carbocycles. The summed E-state index contributed by atoms with van der Waals surface area (Å²) >= 11 is 0. The number of pyridine rings is 1. The second-order valence-corrected chi connectivity index (χ2v) is 4.37. The molecule has 0 spiro atoms. The first-order valence-corrected chi connectivity index (χ1v) is 5.51. The molecule has 0 fully saturated rings. The van der Waals surface area contributed by atoms with Crippen molar-refractivity contribution in [3.8, 4) is 0 Å². The van der Waals surface area contributed by atoms with Gasteiger partial charge in [-0.1, -0.05) is 12.2 Å². The smallest absolute Gasteiger partial charge is 0.238 e. The predicted molar refractivity (Wildman–Crippen MR) is 53.7 cm³/mol. The van der Waals surface area contributed by atoms with Crippen LogP contribution in [0.4, 0.5) is 5.82 Å². The molecule has 0 aromatic carbocycles. The lowest BCUT2D eigenvalue weighted by molar-refractivity contribution is 0.594. The standard InChI is InChI=1S/C8H9N3O2S/c9-14(12,13)11-6-2-4-7-3-1-5-10-8(7)11/h1-5H,6H2,(H2,9,12,13). The third-order valence-electron chi connectivity index (χ3n) is 1.93. The number of hydrogen-bond donors (Lipinski definition) is 1. The van der Waals surface area contributed by atoms with Crippen LogP contribution in [0.3, 0.4) is 0 Å². The van der Waals surface area contributed by atoms with Gasteiger partial charge in [-0.3, -0.25) is 0 Å². The van der Waals surface area contributed by atoms with Crippen LogP contribution in [0.2, 0.25) is 0 Å². The van der Waals surface area contributed by atoms with E-state index in [4.69, 9.17) is 5.14 Å². The summed E-state index contributed by atoms with van der Waals surface area (Å²) in [4.78, 5) is 3.98. The minimum atomic E-state index is -3.72. The van der Waals surface area contributed by atoms with Crippen molar-refractivity contribution in [3.05, 3.63) is 30.0 Å². The molecule has 1 aromatic rings. The number of nitrogens with zero attached hydrogens (tertiary/aromatic N) is 2. The van der Waals surface area contributed by atoms with Crippen LogP contribution in [0.25, 0.3) is 6.08 Å². The quantitative estimate of drug-likeness (QED) is 0.716. The van der Waals surface area contributed by atoms with Crippen molar-refractivity contribution in [2.45, 2.75) is 0 Å². The van der Waals surface area contributed by atoms with E-state index in [1.54, 1.807) is 18.2 Å². The van der Waals surface area contributed by atoms with E-state index in [0.717, 1.165) is 9.87 Å². The molecule has 74 valence electrons. The monoisotopic (exact) mass is 211 g/mol. The number of anilines is 1.